The van der Waals surface area contributed by atoms with Crippen LogP contribution in [0.5, 0.6) is 0 Å². The molecule has 0 saturated heterocycles. The molecule has 2 aromatic heterocycles. The number of fused-ring (bicyclic) bond motifs is 3. The number of carbonyl (C=O) groups excluding carboxylic acids is 1. The minimum absolute atomic E-state index is 0.113. The molecule has 0 fully saturated rings. The summed E-state index contributed by atoms with van der Waals surface area (Å²) in [6.45, 7) is 8.09. The van der Waals surface area contributed by atoms with E-state index in [1.165, 1.54) is 9.44 Å². The lowest BCUT2D eigenvalue weighted by atomic mass is 9.97. The number of aryl methyl sites for hydroxylation is 2. The van der Waals surface area contributed by atoms with E-state index in [2.05, 4.69) is 18.7 Å². The average molecular weight is 362 g/mol. The van der Waals surface area contributed by atoms with Crippen LogP contribution in [0, 0.1) is 0 Å². The number of aromatic nitrogens is 2. The first-order valence-electron chi connectivity index (χ1n) is 9.05. The summed E-state index contributed by atoms with van der Waals surface area (Å²) < 4.78 is 1.52. The van der Waals surface area contributed by atoms with Crippen molar-refractivity contribution in [3.63, 3.8) is 0 Å². The molecule has 0 bridgehead atoms. The van der Waals surface area contributed by atoms with E-state index in [9.17, 15) is 9.59 Å². The maximum absolute atomic E-state index is 13.3. The SMILES string of the molecule is CCN(CC)Cc1nc2sc3c(c2c(=O)n1C(C)C(N)=O)CCCC3. The second-order valence-electron chi connectivity index (χ2n) is 6.63. The number of nitrogens with zero attached hydrogens (tertiary/aromatic N) is 3. The van der Waals surface area contributed by atoms with Crippen LogP contribution in [0.4, 0.5) is 0 Å². The van der Waals surface area contributed by atoms with Crippen LogP contribution in [-0.4, -0.2) is 33.4 Å². The molecule has 1 aliphatic carbocycles. The van der Waals surface area contributed by atoms with E-state index in [1.54, 1.807) is 18.3 Å². The number of carbonyl (C=O) groups is 1. The Balaban J connectivity index is 2.24. The van der Waals surface area contributed by atoms with Gasteiger partial charge in [-0.2, -0.15) is 0 Å². The first-order valence-corrected chi connectivity index (χ1v) is 9.86. The molecule has 1 aliphatic rings. The van der Waals surface area contributed by atoms with Crippen molar-refractivity contribution in [2.24, 2.45) is 5.73 Å². The monoisotopic (exact) mass is 362 g/mol. The Bertz CT molecular complexity index is 851. The van der Waals surface area contributed by atoms with E-state index in [-0.39, 0.29) is 5.56 Å². The quantitative estimate of drug-likeness (QED) is 0.854. The van der Waals surface area contributed by atoms with Gasteiger partial charge in [0.1, 0.15) is 16.7 Å². The second-order valence-corrected chi connectivity index (χ2v) is 7.72. The molecule has 2 aromatic rings. The summed E-state index contributed by atoms with van der Waals surface area (Å²) in [5, 5.41) is 0.705. The summed E-state index contributed by atoms with van der Waals surface area (Å²) in [6, 6.07) is -0.700. The fourth-order valence-electron chi connectivity index (χ4n) is 3.54. The third-order valence-corrected chi connectivity index (χ3v) is 6.34. The summed E-state index contributed by atoms with van der Waals surface area (Å²) in [5.41, 5.74) is 6.55. The number of rotatable bonds is 6. The van der Waals surface area contributed by atoms with Crippen molar-refractivity contribution in [2.45, 2.75) is 59.0 Å². The standard InChI is InChI=1S/C18H26N4O2S/c1-4-21(5-2)10-14-20-17-15(12-8-6-7-9-13(12)25-17)18(24)22(14)11(3)16(19)23/h11H,4-10H2,1-3H3,(H2,19,23). The van der Waals surface area contributed by atoms with Crippen LogP contribution in [-0.2, 0) is 24.2 Å². The van der Waals surface area contributed by atoms with E-state index in [0.717, 1.165) is 49.2 Å². The highest BCUT2D eigenvalue weighted by atomic mass is 32.1. The number of hydrogen-bond acceptors (Lipinski definition) is 5. The third-order valence-electron chi connectivity index (χ3n) is 5.15. The summed E-state index contributed by atoms with van der Waals surface area (Å²) in [5.74, 6) is 0.124. The van der Waals surface area contributed by atoms with Gasteiger partial charge in [0.25, 0.3) is 5.56 Å². The number of amides is 1. The lowest BCUT2D eigenvalue weighted by Crippen LogP contribution is -2.37. The van der Waals surface area contributed by atoms with Crippen LogP contribution in [0.15, 0.2) is 4.79 Å². The fourth-order valence-corrected chi connectivity index (χ4v) is 4.82. The molecule has 3 rings (SSSR count). The van der Waals surface area contributed by atoms with Gasteiger partial charge < -0.3 is 5.73 Å². The molecule has 2 heterocycles. The molecular weight excluding hydrogens is 336 g/mol. The second kappa shape index (κ2) is 7.25. The van der Waals surface area contributed by atoms with Crippen LogP contribution in [0.2, 0.25) is 0 Å². The summed E-state index contributed by atoms with van der Waals surface area (Å²) >= 11 is 1.64. The molecule has 0 saturated carbocycles. The highest BCUT2D eigenvalue weighted by Gasteiger charge is 2.25. The van der Waals surface area contributed by atoms with Gasteiger partial charge in [0.15, 0.2) is 0 Å². The topological polar surface area (TPSA) is 81.2 Å². The number of primary amides is 1. The zero-order valence-corrected chi connectivity index (χ0v) is 16.0. The van der Waals surface area contributed by atoms with Crippen LogP contribution in [0.25, 0.3) is 10.2 Å². The molecule has 25 heavy (non-hydrogen) atoms. The van der Waals surface area contributed by atoms with Crippen LogP contribution in [0.1, 0.15) is 55.9 Å². The third kappa shape index (κ3) is 3.22. The lowest BCUT2D eigenvalue weighted by molar-refractivity contribution is -0.120. The van der Waals surface area contributed by atoms with Crippen LogP contribution < -0.4 is 11.3 Å². The molecule has 1 atom stereocenters. The highest BCUT2D eigenvalue weighted by molar-refractivity contribution is 7.18. The first-order chi connectivity index (χ1) is 12.0. The Morgan fingerprint density at radius 2 is 2.00 bits per heavy atom. The maximum Gasteiger partial charge on any atom is 0.263 e. The Kier molecular flexibility index (Phi) is 5.24. The predicted octanol–water partition coefficient (Wildman–Crippen LogP) is 2.22. The summed E-state index contributed by atoms with van der Waals surface area (Å²) in [6.07, 6.45) is 4.21. The smallest absolute Gasteiger partial charge is 0.263 e. The number of hydrogen-bond donors (Lipinski definition) is 1. The van der Waals surface area contributed by atoms with Gasteiger partial charge in [0.2, 0.25) is 5.91 Å². The van der Waals surface area contributed by atoms with Gasteiger partial charge in [-0.25, -0.2) is 4.98 Å². The zero-order valence-electron chi connectivity index (χ0n) is 15.2. The minimum atomic E-state index is -0.700. The Hall–Kier alpha value is -1.73. The van der Waals surface area contributed by atoms with E-state index in [4.69, 9.17) is 10.7 Å². The first kappa shape index (κ1) is 18.1. The van der Waals surface area contributed by atoms with Crippen molar-refractivity contribution >= 4 is 27.5 Å². The molecule has 0 spiro atoms. The van der Waals surface area contributed by atoms with Gasteiger partial charge in [0, 0.05) is 4.88 Å². The fraction of sp³-hybridized carbons (Fsp3) is 0.611. The Morgan fingerprint density at radius 1 is 1.32 bits per heavy atom. The molecule has 2 N–H and O–H groups in total. The average Bonchev–Trinajstić information content (AvgIpc) is 2.97. The molecular formula is C18H26N4O2S. The van der Waals surface area contributed by atoms with Crippen molar-refractivity contribution in [3.05, 3.63) is 26.6 Å². The van der Waals surface area contributed by atoms with Crippen molar-refractivity contribution in [3.8, 4) is 0 Å². The minimum Gasteiger partial charge on any atom is -0.368 e. The molecule has 0 aromatic carbocycles. The molecule has 136 valence electrons. The van der Waals surface area contributed by atoms with Crippen molar-refractivity contribution in [2.75, 3.05) is 13.1 Å². The molecule has 7 heteroatoms. The van der Waals surface area contributed by atoms with Crippen molar-refractivity contribution in [1.82, 2.24) is 14.5 Å². The van der Waals surface area contributed by atoms with E-state index in [1.807, 2.05) is 0 Å². The number of nitrogens with two attached hydrogens (primary N) is 1. The highest BCUT2D eigenvalue weighted by Crippen LogP contribution is 2.34. The largest absolute Gasteiger partial charge is 0.368 e. The van der Waals surface area contributed by atoms with Gasteiger partial charge in [-0.15, -0.1) is 11.3 Å². The molecule has 0 radical (unpaired) electrons. The maximum atomic E-state index is 13.3. The van der Waals surface area contributed by atoms with Gasteiger partial charge >= 0.3 is 0 Å². The van der Waals surface area contributed by atoms with Crippen molar-refractivity contribution < 1.29 is 4.79 Å². The summed E-state index contributed by atoms with van der Waals surface area (Å²) in [7, 11) is 0. The van der Waals surface area contributed by atoms with Gasteiger partial charge in [-0.3, -0.25) is 19.1 Å². The Labute approximate surface area is 151 Å². The Morgan fingerprint density at radius 3 is 2.64 bits per heavy atom. The van der Waals surface area contributed by atoms with E-state index < -0.39 is 11.9 Å². The normalized spacial score (nSPS) is 15.5. The predicted molar refractivity (Wildman–Crippen MR) is 101 cm³/mol. The van der Waals surface area contributed by atoms with E-state index in [0.29, 0.717) is 17.8 Å². The molecule has 1 amide bonds. The van der Waals surface area contributed by atoms with Gasteiger partial charge in [0.05, 0.1) is 11.9 Å². The van der Waals surface area contributed by atoms with Crippen LogP contribution in [0.3, 0.4) is 0 Å². The lowest BCUT2D eigenvalue weighted by Gasteiger charge is -2.22. The van der Waals surface area contributed by atoms with Crippen LogP contribution >= 0.6 is 11.3 Å². The van der Waals surface area contributed by atoms with E-state index >= 15 is 0 Å². The molecule has 0 aliphatic heterocycles. The number of thiophene rings is 1. The van der Waals surface area contributed by atoms with Crippen molar-refractivity contribution in [1.29, 1.82) is 0 Å². The molecule has 1 unspecified atom stereocenters. The van der Waals surface area contributed by atoms with Gasteiger partial charge in [-0.1, -0.05) is 13.8 Å². The zero-order chi connectivity index (χ0) is 18.1. The van der Waals surface area contributed by atoms with Gasteiger partial charge in [-0.05, 0) is 51.3 Å². The molecule has 6 nitrogen and oxygen atoms in total. The summed E-state index contributed by atoms with van der Waals surface area (Å²) in [4.78, 5) is 34.2.